The lowest BCUT2D eigenvalue weighted by Crippen LogP contribution is -2.15. The van der Waals surface area contributed by atoms with Gasteiger partial charge in [0.05, 0.1) is 47.5 Å². The second kappa shape index (κ2) is 7.74. The number of nitrogens with zero attached hydrogens (tertiary/aromatic N) is 3. The van der Waals surface area contributed by atoms with Crippen molar-refractivity contribution >= 4 is 21.8 Å². The third-order valence-corrected chi connectivity index (χ3v) is 4.92. The van der Waals surface area contributed by atoms with Gasteiger partial charge in [-0.25, -0.2) is 9.66 Å². The molecule has 0 aliphatic rings. The summed E-state index contributed by atoms with van der Waals surface area (Å²) in [7, 11) is 1.26. The predicted molar refractivity (Wildman–Crippen MR) is 94.0 cm³/mol. The standard InChI is InChI=1S/C16H16F2N4O4S/c1-24-13-5-6-20-11(14(13)25-2)8-27(23)16-21-10-7-9(26-15(17)18)3-4-12(10)22(16)19/h3-7,15H,8,19H2,1-2H3. The highest BCUT2D eigenvalue weighted by Crippen LogP contribution is 2.31. The van der Waals surface area contributed by atoms with Gasteiger partial charge in [-0.1, -0.05) is 0 Å². The first kappa shape index (κ1) is 18.8. The van der Waals surface area contributed by atoms with Crippen molar-refractivity contribution in [2.75, 3.05) is 20.1 Å². The van der Waals surface area contributed by atoms with E-state index in [2.05, 4.69) is 14.7 Å². The van der Waals surface area contributed by atoms with Gasteiger partial charge < -0.3 is 20.1 Å². The molecule has 3 aromatic rings. The zero-order valence-corrected chi connectivity index (χ0v) is 15.2. The number of halogens is 2. The molecule has 8 nitrogen and oxygen atoms in total. The molecule has 1 unspecified atom stereocenters. The molecule has 0 aliphatic carbocycles. The Hall–Kier alpha value is -2.95. The van der Waals surface area contributed by atoms with Crippen LogP contribution in [0, 0.1) is 0 Å². The van der Waals surface area contributed by atoms with Crippen LogP contribution < -0.4 is 20.1 Å². The van der Waals surface area contributed by atoms with Crippen LogP contribution in [0.15, 0.2) is 35.6 Å². The molecule has 27 heavy (non-hydrogen) atoms. The van der Waals surface area contributed by atoms with E-state index in [0.717, 1.165) is 4.68 Å². The molecule has 2 N–H and O–H groups in total. The molecule has 2 heterocycles. The third-order valence-electron chi connectivity index (χ3n) is 3.69. The summed E-state index contributed by atoms with van der Waals surface area (Å²) in [5, 5.41) is 0.0610. The number of methoxy groups -OCH3 is 2. The van der Waals surface area contributed by atoms with Crippen LogP contribution in [0.2, 0.25) is 0 Å². The minimum absolute atomic E-state index is 0.0265. The van der Waals surface area contributed by atoms with Gasteiger partial charge in [-0.15, -0.1) is 0 Å². The monoisotopic (exact) mass is 398 g/mol. The number of fused-ring (bicyclic) bond motifs is 1. The topological polar surface area (TPSA) is 101 Å². The lowest BCUT2D eigenvalue weighted by atomic mass is 10.3. The maximum absolute atomic E-state index is 12.8. The summed E-state index contributed by atoms with van der Waals surface area (Å²) in [6, 6.07) is 5.72. The summed E-state index contributed by atoms with van der Waals surface area (Å²) in [6.45, 7) is -2.96. The molecule has 2 aromatic heterocycles. The molecule has 11 heteroatoms. The summed E-state index contributed by atoms with van der Waals surface area (Å²) in [6.07, 6.45) is 1.51. The lowest BCUT2D eigenvalue weighted by Gasteiger charge is -2.11. The van der Waals surface area contributed by atoms with Crippen molar-refractivity contribution in [2.24, 2.45) is 0 Å². The average molecular weight is 398 g/mol. The molecule has 0 bridgehead atoms. The highest BCUT2D eigenvalue weighted by atomic mass is 32.2. The fourth-order valence-electron chi connectivity index (χ4n) is 2.54. The summed E-state index contributed by atoms with van der Waals surface area (Å²) < 4.78 is 53.5. The minimum Gasteiger partial charge on any atom is -0.493 e. The molecule has 3 rings (SSSR count). The summed E-state index contributed by atoms with van der Waals surface area (Å²) >= 11 is 0. The number of pyridine rings is 1. The Morgan fingerprint density at radius 2 is 2.04 bits per heavy atom. The average Bonchev–Trinajstić information content (AvgIpc) is 2.97. The number of hydrogen-bond donors (Lipinski definition) is 1. The highest BCUT2D eigenvalue weighted by Gasteiger charge is 2.20. The number of nitrogen functional groups attached to an aromatic ring is 1. The number of benzene rings is 1. The zero-order valence-electron chi connectivity index (χ0n) is 14.4. The summed E-state index contributed by atoms with van der Waals surface area (Å²) in [4.78, 5) is 8.36. The van der Waals surface area contributed by atoms with E-state index in [9.17, 15) is 13.0 Å². The van der Waals surface area contributed by atoms with E-state index < -0.39 is 17.4 Å². The molecule has 0 aliphatic heterocycles. The van der Waals surface area contributed by atoms with Crippen LogP contribution >= 0.6 is 0 Å². The fraction of sp³-hybridized carbons (Fsp3) is 0.250. The van der Waals surface area contributed by atoms with E-state index in [0.29, 0.717) is 22.7 Å². The summed E-state index contributed by atoms with van der Waals surface area (Å²) in [5.41, 5.74) is 1.11. The van der Waals surface area contributed by atoms with E-state index in [1.54, 1.807) is 6.07 Å². The van der Waals surface area contributed by atoms with Gasteiger partial charge in [-0.05, 0) is 12.1 Å². The van der Waals surface area contributed by atoms with Crippen LogP contribution in [0.3, 0.4) is 0 Å². The second-order valence-electron chi connectivity index (χ2n) is 5.28. The Bertz CT molecular complexity index is 996. The number of ether oxygens (including phenoxy) is 3. The highest BCUT2D eigenvalue weighted by molar-refractivity contribution is 7.84. The van der Waals surface area contributed by atoms with Gasteiger partial charge in [0.2, 0.25) is 5.16 Å². The van der Waals surface area contributed by atoms with Gasteiger partial charge >= 0.3 is 6.61 Å². The number of aromatic nitrogens is 3. The van der Waals surface area contributed by atoms with E-state index in [1.165, 1.54) is 38.6 Å². The smallest absolute Gasteiger partial charge is 0.387 e. The minimum atomic E-state index is -2.96. The molecule has 0 spiro atoms. The molecule has 0 radical (unpaired) electrons. The number of nitrogens with two attached hydrogens (primary N) is 1. The third kappa shape index (κ3) is 3.77. The molecule has 0 amide bonds. The number of imidazole rings is 1. The van der Waals surface area contributed by atoms with Crippen molar-refractivity contribution in [1.82, 2.24) is 14.6 Å². The fourth-order valence-corrected chi connectivity index (χ4v) is 3.64. The van der Waals surface area contributed by atoms with Gasteiger partial charge in [0.15, 0.2) is 11.5 Å². The first-order chi connectivity index (χ1) is 12.9. The number of alkyl halides is 2. The Kier molecular flexibility index (Phi) is 5.40. The van der Waals surface area contributed by atoms with Crippen LogP contribution in [0.4, 0.5) is 8.78 Å². The van der Waals surface area contributed by atoms with Crippen molar-refractivity contribution in [2.45, 2.75) is 17.5 Å². The molecular formula is C16H16F2N4O4S. The van der Waals surface area contributed by atoms with Gasteiger partial charge in [-0.3, -0.25) is 9.19 Å². The van der Waals surface area contributed by atoms with Crippen LogP contribution in [0.1, 0.15) is 5.69 Å². The van der Waals surface area contributed by atoms with Gasteiger partial charge in [0.25, 0.3) is 0 Å². The Morgan fingerprint density at radius 1 is 1.26 bits per heavy atom. The van der Waals surface area contributed by atoms with E-state index in [1.807, 2.05) is 0 Å². The molecule has 144 valence electrons. The van der Waals surface area contributed by atoms with Crippen molar-refractivity contribution < 1.29 is 27.2 Å². The van der Waals surface area contributed by atoms with E-state index >= 15 is 0 Å². The predicted octanol–water partition coefficient (Wildman–Crippen LogP) is 2.07. The van der Waals surface area contributed by atoms with Crippen molar-refractivity contribution in [3.05, 3.63) is 36.2 Å². The van der Waals surface area contributed by atoms with Gasteiger partial charge in [0.1, 0.15) is 5.75 Å². The number of hydrogen-bond acceptors (Lipinski definition) is 7. The van der Waals surface area contributed by atoms with Crippen LogP contribution in [0.5, 0.6) is 17.2 Å². The van der Waals surface area contributed by atoms with E-state index in [-0.39, 0.29) is 22.2 Å². The van der Waals surface area contributed by atoms with Crippen molar-refractivity contribution in [3.8, 4) is 17.2 Å². The lowest BCUT2D eigenvalue weighted by molar-refractivity contribution is -0.0497. The van der Waals surface area contributed by atoms with Gasteiger partial charge in [0, 0.05) is 18.3 Å². The van der Waals surface area contributed by atoms with Crippen LogP contribution in [0.25, 0.3) is 11.0 Å². The molecule has 0 saturated carbocycles. The Morgan fingerprint density at radius 3 is 2.70 bits per heavy atom. The largest absolute Gasteiger partial charge is 0.493 e. The quantitative estimate of drug-likeness (QED) is 0.608. The Labute approximate surface area is 155 Å². The number of rotatable bonds is 7. The second-order valence-corrected chi connectivity index (χ2v) is 6.62. The normalized spacial score (nSPS) is 12.3. The SMILES string of the molecule is COc1ccnc(CS(=O)c2nc3cc(OC(F)F)ccc3n2N)c1OC. The first-order valence-corrected chi connectivity index (χ1v) is 8.93. The summed E-state index contributed by atoms with van der Waals surface area (Å²) in [5.74, 6) is 6.69. The maximum atomic E-state index is 12.8. The van der Waals surface area contributed by atoms with E-state index in [4.69, 9.17) is 15.3 Å². The Balaban J connectivity index is 1.93. The molecule has 1 atom stereocenters. The van der Waals surface area contributed by atoms with Crippen molar-refractivity contribution in [3.63, 3.8) is 0 Å². The van der Waals surface area contributed by atoms with Gasteiger partial charge in [-0.2, -0.15) is 8.78 Å². The molecule has 0 fully saturated rings. The van der Waals surface area contributed by atoms with Crippen LogP contribution in [-0.4, -0.2) is 39.7 Å². The first-order valence-electron chi connectivity index (χ1n) is 7.61. The molecule has 0 saturated heterocycles. The van der Waals surface area contributed by atoms with Crippen LogP contribution in [-0.2, 0) is 16.6 Å². The van der Waals surface area contributed by atoms with Crippen molar-refractivity contribution in [1.29, 1.82) is 0 Å². The maximum Gasteiger partial charge on any atom is 0.387 e. The molecular weight excluding hydrogens is 382 g/mol. The zero-order chi connectivity index (χ0) is 19.6. The molecule has 1 aromatic carbocycles.